The molecule has 0 amide bonds. The number of esters is 1. The van der Waals surface area contributed by atoms with Crippen molar-refractivity contribution in [2.24, 2.45) is 11.8 Å². The molecule has 2 fully saturated rings. The van der Waals surface area contributed by atoms with E-state index in [0.717, 1.165) is 18.4 Å². The average Bonchev–Trinajstić information content (AvgIpc) is 2.74. The summed E-state index contributed by atoms with van der Waals surface area (Å²) >= 11 is 1.46. The van der Waals surface area contributed by atoms with E-state index in [-0.39, 0.29) is 29.8 Å². The van der Waals surface area contributed by atoms with E-state index in [1.165, 1.54) is 18.2 Å². The van der Waals surface area contributed by atoms with Gasteiger partial charge in [-0.3, -0.25) is 4.79 Å². The molecule has 1 heterocycles. The van der Waals surface area contributed by atoms with Gasteiger partial charge in [0.2, 0.25) is 0 Å². The number of aliphatic hydroxyl groups excluding tert-OH is 1. The molecule has 114 valence electrons. The molecule has 0 aromatic carbocycles. The number of hydrogen-bond donors (Lipinski definition) is 1. The lowest BCUT2D eigenvalue weighted by Gasteiger charge is -2.34. The molecule has 1 aliphatic carbocycles. The first kappa shape index (κ1) is 15.9. The number of rotatable bonds is 4. The fraction of sp³-hybridized carbons (Fsp3) is 0.800. The zero-order valence-corrected chi connectivity index (χ0v) is 13.0. The minimum Gasteiger partial charge on any atom is -0.462 e. The molecule has 1 N–H and O–H groups in total. The van der Waals surface area contributed by atoms with Crippen molar-refractivity contribution < 1.29 is 19.4 Å². The molecule has 0 aromatic heterocycles. The molecule has 4 nitrogen and oxygen atoms in total. The van der Waals surface area contributed by atoms with Gasteiger partial charge in [0.1, 0.15) is 11.5 Å². The SMILES string of the molecule is C=C(C)[C@@H]1CC[C@@H](C)C[C@H]1OC(=O)C[C@@H]1O[C@@H](O)CS1. The van der Waals surface area contributed by atoms with Crippen molar-refractivity contribution in [2.75, 3.05) is 5.75 Å². The molecule has 1 saturated heterocycles. The van der Waals surface area contributed by atoms with Crippen molar-refractivity contribution in [1.82, 2.24) is 0 Å². The van der Waals surface area contributed by atoms with Gasteiger partial charge in [0.25, 0.3) is 0 Å². The maximum absolute atomic E-state index is 12.0. The summed E-state index contributed by atoms with van der Waals surface area (Å²) in [6, 6.07) is 0. The normalized spacial score (nSPS) is 37.6. The van der Waals surface area contributed by atoms with E-state index in [4.69, 9.17) is 9.47 Å². The first-order valence-corrected chi connectivity index (χ1v) is 8.30. The molecule has 20 heavy (non-hydrogen) atoms. The molecule has 0 aromatic rings. The summed E-state index contributed by atoms with van der Waals surface area (Å²) in [6.45, 7) is 8.23. The van der Waals surface area contributed by atoms with Gasteiger partial charge in [0, 0.05) is 11.7 Å². The van der Waals surface area contributed by atoms with Crippen LogP contribution in [0.1, 0.15) is 39.5 Å². The highest BCUT2D eigenvalue weighted by Crippen LogP contribution is 2.35. The van der Waals surface area contributed by atoms with Crippen molar-refractivity contribution in [3.8, 4) is 0 Å². The summed E-state index contributed by atoms with van der Waals surface area (Å²) < 4.78 is 10.9. The van der Waals surface area contributed by atoms with E-state index in [1.54, 1.807) is 0 Å². The lowest BCUT2D eigenvalue weighted by Crippen LogP contribution is -2.34. The highest BCUT2D eigenvalue weighted by Gasteiger charge is 2.33. The number of hydrogen-bond acceptors (Lipinski definition) is 5. The topological polar surface area (TPSA) is 55.8 Å². The van der Waals surface area contributed by atoms with Gasteiger partial charge in [0.05, 0.1) is 6.42 Å². The lowest BCUT2D eigenvalue weighted by molar-refractivity contribution is -0.157. The molecule has 0 bridgehead atoms. The summed E-state index contributed by atoms with van der Waals surface area (Å²) in [4.78, 5) is 12.0. The van der Waals surface area contributed by atoms with Crippen LogP contribution in [-0.4, -0.2) is 34.7 Å². The van der Waals surface area contributed by atoms with Gasteiger partial charge in [-0.15, -0.1) is 11.8 Å². The molecule has 1 saturated carbocycles. The second-order valence-electron chi connectivity index (χ2n) is 5.96. The Morgan fingerprint density at radius 2 is 2.25 bits per heavy atom. The Morgan fingerprint density at radius 3 is 2.85 bits per heavy atom. The highest BCUT2D eigenvalue weighted by molar-refractivity contribution is 8.00. The minimum atomic E-state index is -0.754. The summed E-state index contributed by atoms with van der Waals surface area (Å²) in [5.74, 6) is 1.15. The Morgan fingerprint density at radius 1 is 1.50 bits per heavy atom. The van der Waals surface area contributed by atoms with Crippen LogP contribution in [0.15, 0.2) is 12.2 Å². The molecular formula is C15H24O4S. The molecular weight excluding hydrogens is 276 g/mol. The van der Waals surface area contributed by atoms with Crippen LogP contribution in [0, 0.1) is 11.8 Å². The van der Waals surface area contributed by atoms with Crippen molar-refractivity contribution in [1.29, 1.82) is 0 Å². The molecule has 0 unspecified atom stereocenters. The predicted molar refractivity (Wildman–Crippen MR) is 79.2 cm³/mol. The van der Waals surface area contributed by atoms with Crippen LogP contribution >= 0.6 is 11.8 Å². The van der Waals surface area contributed by atoms with E-state index in [0.29, 0.717) is 11.7 Å². The Labute approximate surface area is 124 Å². The molecule has 1 aliphatic heterocycles. The third-order valence-corrected chi connectivity index (χ3v) is 5.16. The van der Waals surface area contributed by atoms with Gasteiger partial charge < -0.3 is 14.6 Å². The predicted octanol–water partition coefficient (Wildman–Crippen LogP) is 2.71. The van der Waals surface area contributed by atoms with Crippen LogP contribution in [0.2, 0.25) is 0 Å². The fourth-order valence-corrected chi connectivity index (χ4v) is 3.84. The Kier molecular flexibility index (Phi) is 5.52. The molecule has 2 aliphatic rings. The van der Waals surface area contributed by atoms with Crippen molar-refractivity contribution in [3.05, 3.63) is 12.2 Å². The standard InChI is InChI=1S/C15H24O4S/c1-9(2)11-5-4-10(3)6-12(11)18-13(16)7-15-19-14(17)8-20-15/h10-12,14-15,17H,1,4-8H2,2-3H3/t10-,11+,12-,14-,15-/m1/s1. The summed E-state index contributed by atoms with van der Waals surface area (Å²) in [5.41, 5.74) is 0.818. The fourth-order valence-electron chi connectivity index (χ4n) is 2.93. The second-order valence-corrected chi connectivity index (χ2v) is 7.15. The van der Waals surface area contributed by atoms with Crippen LogP contribution in [-0.2, 0) is 14.3 Å². The van der Waals surface area contributed by atoms with Crippen molar-refractivity contribution in [3.63, 3.8) is 0 Å². The van der Waals surface area contributed by atoms with E-state index in [1.807, 2.05) is 6.92 Å². The van der Waals surface area contributed by atoms with Gasteiger partial charge in [-0.1, -0.05) is 19.1 Å². The summed E-state index contributed by atoms with van der Waals surface area (Å²) in [7, 11) is 0. The minimum absolute atomic E-state index is 0.0555. The average molecular weight is 300 g/mol. The monoisotopic (exact) mass is 300 g/mol. The number of thioether (sulfide) groups is 1. The first-order valence-electron chi connectivity index (χ1n) is 7.25. The third kappa shape index (κ3) is 4.24. The number of carbonyl (C=O) groups is 1. The second kappa shape index (κ2) is 6.96. The van der Waals surface area contributed by atoms with Gasteiger partial charge in [-0.05, 0) is 32.1 Å². The van der Waals surface area contributed by atoms with Crippen LogP contribution in [0.5, 0.6) is 0 Å². The summed E-state index contributed by atoms with van der Waals surface area (Å²) in [5, 5.41) is 9.28. The van der Waals surface area contributed by atoms with Crippen molar-refractivity contribution >= 4 is 17.7 Å². The Bertz CT molecular complexity index is 371. The van der Waals surface area contributed by atoms with E-state index in [9.17, 15) is 9.90 Å². The smallest absolute Gasteiger partial charge is 0.309 e. The van der Waals surface area contributed by atoms with Crippen LogP contribution in [0.3, 0.4) is 0 Å². The Hall–Kier alpha value is -0.520. The number of carbonyl (C=O) groups excluding carboxylic acids is 1. The molecule has 0 radical (unpaired) electrons. The summed E-state index contributed by atoms with van der Waals surface area (Å²) in [6.07, 6.45) is 2.51. The van der Waals surface area contributed by atoms with E-state index < -0.39 is 6.29 Å². The van der Waals surface area contributed by atoms with Gasteiger partial charge in [0.15, 0.2) is 6.29 Å². The van der Waals surface area contributed by atoms with E-state index >= 15 is 0 Å². The third-order valence-electron chi connectivity index (χ3n) is 4.04. The lowest BCUT2D eigenvalue weighted by atomic mass is 9.77. The van der Waals surface area contributed by atoms with Gasteiger partial charge in [-0.25, -0.2) is 0 Å². The maximum atomic E-state index is 12.0. The molecule has 5 atom stereocenters. The number of ether oxygens (including phenoxy) is 2. The highest BCUT2D eigenvalue weighted by atomic mass is 32.2. The van der Waals surface area contributed by atoms with Gasteiger partial charge in [-0.2, -0.15) is 0 Å². The zero-order chi connectivity index (χ0) is 14.7. The Balaban J connectivity index is 1.86. The maximum Gasteiger partial charge on any atom is 0.309 e. The quantitative estimate of drug-likeness (QED) is 0.639. The largest absolute Gasteiger partial charge is 0.462 e. The molecule has 2 rings (SSSR count). The molecule has 5 heteroatoms. The van der Waals surface area contributed by atoms with Crippen LogP contribution in [0.4, 0.5) is 0 Å². The van der Waals surface area contributed by atoms with Crippen LogP contribution in [0.25, 0.3) is 0 Å². The first-order chi connectivity index (χ1) is 9.45. The van der Waals surface area contributed by atoms with E-state index in [2.05, 4.69) is 13.5 Å². The molecule has 0 spiro atoms. The zero-order valence-electron chi connectivity index (χ0n) is 12.2. The van der Waals surface area contributed by atoms with Crippen LogP contribution < -0.4 is 0 Å². The van der Waals surface area contributed by atoms with Crippen molar-refractivity contribution in [2.45, 2.75) is 57.4 Å². The van der Waals surface area contributed by atoms with Gasteiger partial charge >= 0.3 is 5.97 Å². The number of aliphatic hydroxyl groups is 1.